The predicted molar refractivity (Wildman–Crippen MR) is 75.2 cm³/mol. The second kappa shape index (κ2) is 5.84. The first-order chi connectivity index (χ1) is 9.35. The van der Waals surface area contributed by atoms with Crippen LogP contribution in [0.4, 0.5) is 0 Å². The maximum atomic E-state index is 5.72. The molecule has 0 saturated heterocycles. The predicted octanol–water partition coefficient (Wildman–Crippen LogP) is 2.95. The molecule has 0 atom stereocenters. The summed E-state index contributed by atoms with van der Waals surface area (Å²) in [5.74, 6) is 2.75. The van der Waals surface area contributed by atoms with Gasteiger partial charge in [-0.25, -0.2) is 0 Å². The van der Waals surface area contributed by atoms with E-state index in [1.54, 1.807) is 11.3 Å². The number of nitrogens with two attached hydrogens (primary N) is 1. The summed E-state index contributed by atoms with van der Waals surface area (Å²) in [4.78, 5) is 5.83. The van der Waals surface area contributed by atoms with Gasteiger partial charge in [-0.15, -0.1) is 11.3 Å². The third kappa shape index (κ3) is 3.04. The van der Waals surface area contributed by atoms with Crippen molar-refractivity contribution in [3.05, 3.63) is 34.1 Å². The van der Waals surface area contributed by atoms with E-state index < -0.39 is 0 Å². The van der Waals surface area contributed by atoms with Crippen LogP contribution >= 0.6 is 11.3 Å². The number of nitrogens with zero attached hydrogens (tertiary/aromatic N) is 2. The summed E-state index contributed by atoms with van der Waals surface area (Å²) in [7, 11) is 0. The Morgan fingerprint density at radius 3 is 2.84 bits per heavy atom. The normalized spacial score (nSPS) is 23.6. The molecule has 2 heterocycles. The van der Waals surface area contributed by atoms with E-state index in [0.717, 1.165) is 37.5 Å². The van der Waals surface area contributed by atoms with Gasteiger partial charge in [-0.1, -0.05) is 11.2 Å². The molecule has 1 aliphatic carbocycles. The third-order valence-electron chi connectivity index (χ3n) is 3.93. The largest absolute Gasteiger partial charge is 0.339 e. The lowest BCUT2D eigenvalue weighted by Crippen LogP contribution is -2.20. The summed E-state index contributed by atoms with van der Waals surface area (Å²) in [6.07, 6.45) is 5.40. The number of hydrogen-bond donors (Lipinski definition) is 1. The van der Waals surface area contributed by atoms with Crippen LogP contribution < -0.4 is 5.73 Å². The molecule has 1 fully saturated rings. The van der Waals surface area contributed by atoms with E-state index in [0.29, 0.717) is 11.8 Å². The monoisotopic (exact) mass is 277 g/mol. The lowest BCUT2D eigenvalue weighted by molar-refractivity contribution is 0.274. The smallest absolute Gasteiger partial charge is 0.229 e. The van der Waals surface area contributed by atoms with Crippen molar-refractivity contribution in [3.63, 3.8) is 0 Å². The lowest BCUT2D eigenvalue weighted by atomic mass is 9.82. The Hall–Kier alpha value is -1.20. The molecule has 0 amide bonds. The Balaban J connectivity index is 1.62. The van der Waals surface area contributed by atoms with Gasteiger partial charge in [-0.2, -0.15) is 4.98 Å². The van der Waals surface area contributed by atoms with Crippen LogP contribution in [0.5, 0.6) is 0 Å². The van der Waals surface area contributed by atoms with Gasteiger partial charge in [-0.3, -0.25) is 0 Å². The van der Waals surface area contributed by atoms with Crippen molar-refractivity contribution in [2.75, 3.05) is 6.54 Å². The minimum absolute atomic E-state index is 0.437. The Morgan fingerprint density at radius 1 is 1.32 bits per heavy atom. The van der Waals surface area contributed by atoms with Crippen LogP contribution in [0.25, 0.3) is 0 Å². The number of hydrogen-bond acceptors (Lipinski definition) is 5. The molecule has 19 heavy (non-hydrogen) atoms. The summed E-state index contributed by atoms with van der Waals surface area (Å²) in [5, 5.41) is 6.18. The van der Waals surface area contributed by atoms with E-state index in [9.17, 15) is 0 Å². The number of aromatic nitrogens is 2. The highest BCUT2D eigenvalue weighted by atomic mass is 32.1. The highest BCUT2D eigenvalue weighted by molar-refractivity contribution is 7.09. The van der Waals surface area contributed by atoms with E-state index in [1.165, 1.54) is 17.7 Å². The van der Waals surface area contributed by atoms with Crippen LogP contribution in [0.3, 0.4) is 0 Å². The Morgan fingerprint density at radius 2 is 2.16 bits per heavy atom. The van der Waals surface area contributed by atoms with E-state index in [2.05, 4.69) is 27.7 Å². The molecule has 3 rings (SSSR count). The first kappa shape index (κ1) is 12.8. The van der Waals surface area contributed by atoms with E-state index in [1.807, 2.05) is 0 Å². The Labute approximate surface area is 117 Å². The van der Waals surface area contributed by atoms with Crippen molar-refractivity contribution in [2.24, 2.45) is 11.7 Å². The zero-order valence-corrected chi connectivity index (χ0v) is 11.7. The fourth-order valence-electron chi connectivity index (χ4n) is 2.72. The van der Waals surface area contributed by atoms with Gasteiger partial charge in [0.25, 0.3) is 0 Å². The van der Waals surface area contributed by atoms with Crippen LogP contribution in [-0.2, 0) is 6.42 Å². The summed E-state index contributed by atoms with van der Waals surface area (Å²) >= 11 is 1.73. The molecule has 5 heteroatoms. The van der Waals surface area contributed by atoms with Gasteiger partial charge in [0.15, 0.2) is 5.82 Å². The maximum Gasteiger partial charge on any atom is 0.229 e. The summed E-state index contributed by atoms with van der Waals surface area (Å²) in [5.41, 5.74) is 5.72. The second-order valence-electron chi connectivity index (χ2n) is 5.26. The molecule has 4 nitrogen and oxygen atoms in total. The van der Waals surface area contributed by atoms with Gasteiger partial charge in [0, 0.05) is 17.2 Å². The molecule has 2 aromatic heterocycles. The van der Waals surface area contributed by atoms with Crippen LogP contribution in [0.15, 0.2) is 22.0 Å². The minimum atomic E-state index is 0.437. The van der Waals surface area contributed by atoms with Crippen LogP contribution in [0.1, 0.15) is 48.2 Å². The molecular formula is C14H19N3OS. The molecule has 1 saturated carbocycles. The first-order valence-electron chi connectivity index (χ1n) is 6.90. The van der Waals surface area contributed by atoms with Gasteiger partial charge in [0.1, 0.15) is 0 Å². The van der Waals surface area contributed by atoms with E-state index >= 15 is 0 Å². The molecule has 0 aliphatic heterocycles. The van der Waals surface area contributed by atoms with Crippen molar-refractivity contribution in [2.45, 2.75) is 38.0 Å². The SMILES string of the molecule is NCC1CCC(c2nc(Cc3cccs3)no2)CC1. The van der Waals surface area contributed by atoms with E-state index in [-0.39, 0.29) is 0 Å². The highest BCUT2D eigenvalue weighted by Crippen LogP contribution is 2.34. The second-order valence-corrected chi connectivity index (χ2v) is 6.29. The average molecular weight is 277 g/mol. The Bertz CT molecular complexity index is 501. The molecule has 0 radical (unpaired) electrons. The van der Waals surface area contributed by atoms with Crippen molar-refractivity contribution in [1.82, 2.24) is 10.1 Å². The number of thiophene rings is 1. The summed E-state index contributed by atoms with van der Waals surface area (Å²) < 4.78 is 5.43. The van der Waals surface area contributed by atoms with Crippen LogP contribution in [0.2, 0.25) is 0 Å². The molecule has 0 bridgehead atoms. The highest BCUT2D eigenvalue weighted by Gasteiger charge is 2.25. The summed E-state index contributed by atoms with van der Waals surface area (Å²) in [6, 6.07) is 4.16. The third-order valence-corrected chi connectivity index (χ3v) is 4.80. The van der Waals surface area contributed by atoms with Gasteiger partial charge in [0.05, 0.1) is 0 Å². The van der Waals surface area contributed by atoms with Gasteiger partial charge < -0.3 is 10.3 Å². The van der Waals surface area contributed by atoms with Crippen molar-refractivity contribution in [3.8, 4) is 0 Å². The summed E-state index contributed by atoms with van der Waals surface area (Å²) in [6.45, 7) is 0.806. The molecule has 2 aromatic rings. The van der Waals surface area contributed by atoms with Crippen molar-refractivity contribution < 1.29 is 4.52 Å². The molecule has 102 valence electrons. The van der Waals surface area contributed by atoms with Gasteiger partial charge >= 0.3 is 0 Å². The lowest BCUT2D eigenvalue weighted by Gasteiger charge is -2.24. The quantitative estimate of drug-likeness (QED) is 0.933. The fraction of sp³-hybridized carbons (Fsp3) is 0.571. The maximum absolute atomic E-state index is 5.72. The van der Waals surface area contributed by atoms with Gasteiger partial charge in [-0.05, 0) is 49.6 Å². The van der Waals surface area contributed by atoms with Crippen LogP contribution in [0, 0.1) is 5.92 Å². The van der Waals surface area contributed by atoms with Crippen molar-refractivity contribution in [1.29, 1.82) is 0 Å². The molecule has 0 aromatic carbocycles. The van der Waals surface area contributed by atoms with Gasteiger partial charge in [0.2, 0.25) is 5.89 Å². The molecule has 0 unspecified atom stereocenters. The van der Waals surface area contributed by atoms with Crippen LogP contribution in [-0.4, -0.2) is 16.7 Å². The molecule has 0 spiro atoms. The zero-order valence-electron chi connectivity index (χ0n) is 10.9. The Kier molecular flexibility index (Phi) is 3.94. The fourth-order valence-corrected chi connectivity index (χ4v) is 3.42. The topological polar surface area (TPSA) is 64.9 Å². The zero-order chi connectivity index (χ0) is 13.1. The number of rotatable bonds is 4. The molecule has 1 aliphatic rings. The standard InChI is InChI=1S/C14H19N3OS/c15-9-10-3-5-11(6-4-10)14-16-13(17-18-14)8-12-2-1-7-19-12/h1-2,7,10-11H,3-6,8-9,15H2. The molecule has 2 N–H and O–H groups in total. The minimum Gasteiger partial charge on any atom is -0.339 e. The average Bonchev–Trinajstić information content (AvgIpc) is 3.11. The first-order valence-corrected chi connectivity index (χ1v) is 7.78. The van der Waals surface area contributed by atoms with Crippen molar-refractivity contribution >= 4 is 11.3 Å². The van der Waals surface area contributed by atoms with E-state index in [4.69, 9.17) is 10.3 Å². The molecular weight excluding hydrogens is 258 g/mol.